The number of amides is 1. The van der Waals surface area contributed by atoms with Gasteiger partial charge in [-0.3, -0.25) is 4.79 Å². The van der Waals surface area contributed by atoms with Crippen molar-refractivity contribution >= 4 is 5.91 Å². The van der Waals surface area contributed by atoms with Gasteiger partial charge >= 0.3 is 0 Å². The van der Waals surface area contributed by atoms with E-state index in [0.717, 1.165) is 24.2 Å². The van der Waals surface area contributed by atoms with E-state index in [-0.39, 0.29) is 12.5 Å². The van der Waals surface area contributed by atoms with Crippen LogP contribution < -0.4 is 5.32 Å². The zero-order chi connectivity index (χ0) is 13.4. The molecule has 0 unspecified atom stereocenters. The maximum Gasteiger partial charge on any atom is 0.236 e. The third-order valence-electron chi connectivity index (χ3n) is 2.90. The van der Waals surface area contributed by atoms with Gasteiger partial charge in [0.2, 0.25) is 5.91 Å². The highest BCUT2D eigenvalue weighted by Crippen LogP contribution is 2.04. The van der Waals surface area contributed by atoms with Gasteiger partial charge in [-0.15, -0.1) is 0 Å². The summed E-state index contributed by atoms with van der Waals surface area (Å²) < 4.78 is 0. The van der Waals surface area contributed by atoms with E-state index in [1.54, 1.807) is 4.90 Å². The average molecular weight is 250 g/mol. The molecular weight excluding hydrogens is 228 g/mol. The molecule has 100 valence electrons. The van der Waals surface area contributed by atoms with Crippen molar-refractivity contribution in [1.82, 2.24) is 10.2 Å². The predicted octanol–water partition coefficient (Wildman–Crippen LogP) is 1.14. The zero-order valence-corrected chi connectivity index (χ0v) is 11.1. The van der Waals surface area contributed by atoms with Crippen LogP contribution in [0.2, 0.25) is 0 Å². The number of nitrogens with zero attached hydrogens (tertiary/aromatic N) is 1. The maximum atomic E-state index is 11.7. The van der Waals surface area contributed by atoms with E-state index in [9.17, 15) is 4.79 Å². The zero-order valence-electron chi connectivity index (χ0n) is 11.1. The molecule has 0 bridgehead atoms. The lowest BCUT2D eigenvalue weighted by atomic mass is 10.1. The minimum absolute atomic E-state index is 0.0478. The van der Waals surface area contributed by atoms with Gasteiger partial charge in [-0.05, 0) is 25.0 Å². The Morgan fingerprint density at radius 2 is 1.94 bits per heavy atom. The molecule has 0 saturated heterocycles. The van der Waals surface area contributed by atoms with Gasteiger partial charge in [-0.1, -0.05) is 24.3 Å². The lowest BCUT2D eigenvalue weighted by Gasteiger charge is -2.18. The minimum Gasteiger partial charge on any atom is -0.392 e. The number of hydrogen-bond donors (Lipinski definition) is 2. The molecule has 0 radical (unpaired) electrons. The van der Waals surface area contributed by atoms with Gasteiger partial charge in [-0.2, -0.15) is 0 Å². The second-order valence-corrected chi connectivity index (χ2v) is 4.15. The summed E-state index contributed by atoms with van der Waals surface area (Å²) in [5, 5.41) is 12.2. The third-order valence-corrected chi connectivity index (χ3v) is 2.90. The summed E-state index contributed by atoms with van der Waals surface area (Å²) in [6.07, 6.45) is 0. The van der Waals surface area contributed by atoms with Crippen LogP contribution in [0.4, 0.5) is 0 Å². The monoisotopic (exact) mass is 250 g/mol. The van der Waals surface area contributed by atoms with Crippen LogP contribution in [-0.4, -0.2) is 35.5 Å². The third kappa shape index (κ3) is 4.47. The summed E-state index contributed by atoms with van der Waals surface area (Å²) in [5.41, 5.74) is 1.97. The van der Waals surface area contributed by atoms with Crippen LogP contribution in [-0.2, 0) is 17.9 Å². The molecule has 0 atom stereocenters. The van der Waals surface area contributed by atoms with Crippen molar-refractivity contribution in [2.24, 2.45) is 0 Å². The molecule has 0 spiro atoms. The van der Waals surface area contributed by atoms with Gasteiger partial charge < -0.3 is 15.3 Å². The fraction of sp³-hybridized carbons (Fsp3) is 0.500. The van der Waals surface area contributed by atoms with Crippen LogP contribution >= 0.6 is 0 Å². The molecule has 2 N–H and O–H groups in total. The fourth-order valence-electron chi connectivity index (χ4n) is 1.84. The quantitative estimate of drug-likeness (QED) is 0.763. The molecule has 0 saturated carbocycles. The van der Waals surface area contributed by atoms with Gasteiger partial charge in [-0.25, -0.2) is 0 Å². The van der Waals surface area contributed by atoms with Gasteiger partial charge in [0, 0.05) is 19.6 Å². The van der Waals surface area contributed by atoms with E-state index in [0.29, 0.717) is 13.1 Å². The van der Waals surface area contributed by atoms with Crippen LogP contribution in [0.5, 0.6) is 0 Å². The molecule has 18 heavy (non-hydrogen) atoms. The van der Waals surface area contributed by atoms with Crippen molar-refractivity contribution in [3.63, 3.8) is 0 Å². The predicted molar refractivity (Wildman–Crippen MR) is 72.0 cm³/mol. The number of carbonyl (C=O) groups is 1. The summed E-state index contributed by atoms with van der Waals surface area (Å²) in [6.45, 7) is 6.49. The van der Waals surface area contributed by atoms with E-state index in [4.69, 9.17) is 5.11 Å². The summed E-state index contributed by atoms with van der Waals surface area (Å²) >= 11 is 0. The lowest BCUT2D eigenvalue weighted by molar-refractivity contribution is -0.129. The van der Waals surface area contributed by atoms with Gasteiger partial charge in [0.25, 0.3) is 0 Å². The molecule has 4 heteroatoms. The number of aliphatic hydroxyl groups is 1. The van der Waals surface area contributed by atoms with Crippen LogP contribution in [0.3, 0.4) is 0 Å². The van der Waals surface area contributed by atoms with Crippen molar-refractivity contribution in [3.05, 3.63) is 35.4 Å². The van der Waals surface area contributed by atoms with Crippen molar-refractivity contribution in [2.75, 3.05) is 19.6 Å². The van der Waals surface area contributed by atoms with Crippen molar-refractivity contribution in [2.45, 2.75) is 27.0 Å². The molecule has 0 aliphatic rings. The summed E-state index contributed by atoms with van der Waals surface area (Å²) in [7, 11) is 0. The van der Waals surface area contributed by atoms with E-state index in [1.807, 2.05) is 38.1 Å². The molecule has 0 aliphatic carbocycles. The first kappa shape index (κ1) is 14.7. The highest BCUT2D eigenvalue weighted by Gasteiger charge is 2.08. The van der Waals surface area contributed by atoms with Crippen molar-refractivity contribution < 1.29 is 9.90 Å². The van der Waals surface area contributed by atoms with E-state index in [2.05, 4.69) is 5.32 Å². The van der Waals surface area contributed by atoms with Crippen LogP contribution in [0.1, 0.15) is 25.0 Å². The molecule has 0 fully saturated rings. The highest BCUT2D eigenvalue weighted by molar-refractivity contribution is 5.78. The minimum atomic E-state index is 0.0478. The second-order valence-electron chi connectivity index (χ2n) is 4.15. The first-order valence-corrected chi connectivity index (χ1v) is 6.38. The smallest absolute Gasteiger partial charge is 0.236 e. The highest BCUT2D eigenvalue weighted by atomic mass is 16.3. The molecule has 1 aromatic rings. The Labute approximate surface area is 109 Å². The molecule has 0 heterocycles. The lowest BCUT2D eigenvalue weighted by Crippen LogP contribution is -2.37. The molecule has 1 aromatic carbocycles. The van der Waals surface area contributed by atoms with Gasteiger partial charge in [0.1, 0.15) is 0 Å². The number of rotatable bonds is 7. The topological polar surface area (TPSA) is 52.6 Å². The number of carbonyl (C=O) groups excluding carboxylic acids is 1. The standard InChI is InChI=1S/C14H22N2O2/c1-3-16(4-2)14(18)10-15-9-12-6-5-7-13(8-12)11-17/h5-8,15,17H,3-4,9-11H2,1-2H3. The number of aliphatic hydroxyl groups excluding tert-OH is 1. The Bertz CT molecular complexity index is 376. The average Bonchev–Trinajstić information content (AvgIpc) is 2.40. The second kappa shape index (κ2) is 7.84. The number of hydrogen-bond acceptors (Lipinski definition) is 3. The maximum absolute atomic E-state index is 11.7. The van der Waals surface area contributed by atoms with Crippen LogP contribution in [0.25, 0.3) is 0 Å². The van der Waals surface area contributed by atoms with Crippen molar-refractivity contribution in [1.29, 1.82) is 0 Å². The Morgan fingerprint density at radius 3 is 2.56 bits per heavy atom. The van der Waals surface area contributed by atoms with Crippen LogP contribution in [0, 0.1) is 0 Å². The molecule has 4 nitrogen and oxygen atoms in total. The molecule has 1 rings (SSSR count). The summed E-state index contributed by atoms with van der Waals surface area (Å²) in [4.78, 5) is 13.5. The van der Waals surface area contributed by atoms with E-state index < -0.39 is 0 Å². The molecule has 0 aromatic heterocycles. The van der Waals surface area contributed by atoms with E-state index in [1.165, 1.54) is 0 Å². The Morgan fingerprint density at radius 1 is 1.28 bits per heavy atom. The Kier molecular flexibility index (Phi) is 6.39. The first-order chi connectivity index (χ1) is 8.71. The largest absolute Gasteiger partial charge is 0.392 e. The van der Waals surface area contributed by atoms with Gasteiger partial charge in [0.15, 0.2) is 0 Å². The Balaban J connectivity index is 2.39. The summed E-state index contributed by atoms with van der Waals surface area (Å²) in [5.74, 6) is 0.123. The van der Waals surface area contributed by atoms with E-state index >= 15 is 0 Å². The fourth-order valence-corrected chi connectivity index (χ4v) is 1.84. The molecule has 1 amide bonds. The number of nitrogens with one attached hydrogen (secondary N) is 1. The molecule has 0 aliphatic heterocycles. The number of likely N-dealkylation sites (N-methyl/N-ethyl adjacent to an activating group) is 1. The van der Waals surface area contributed by atoms with Gasteiger partial charge in [0.05, 0.1) is 13.2 Å². The Hall–Kier alpha value is -1.39. The van der Waals surface area contributed by atoms with Crippen molar-refractivity contribution in [3.8, 4) is 0 Å². The van der Waals surface area contributed by atoms with Crippen LogP contribution in [0.15, 0.2) is 24.3 Å². The number of benzene rings is 1. The summed E-state index contributed by atoms with van der Waals surface area (Å²) in [6, 6.07) is 7.71. The normalized spacial score (nSPS) is 10.4. The molecular formula is C14H22N2O2. The SMILES string of the molecule is CCN(CC)C(=O)CNCc1cccc(CO)c1. The first-order valence-electron chi connectivity index (χ1n) is 6.38.